The van der Waals surface area contributed by atoms with Gasteiger partial charge in [-0.25, -0.2) is 23.1 Å². The summed E-state index contributed by atoms with van der Waals surface area (Å²) < 4.78 is 38.3. The van der Waals surface area contributed by atoms with Crippen LogP contribution < -0.4 is 4.74 Å². The summed E-state index contributed by atoms with van der Waals surface area (Å²) in [5.74, 6) is 1.98. The van der Waals surface area contributed by atoms with Gasteiger partial charge in [-0.15, -0.1) is 0 Å². The molecule has 0 amide bonds. The van der Waals surface area contributed by atoms with Crippen molar-refractivity contribution in [1.82, 2.24) is 33.5 Å². The number of aromatic nitrogens is 5. The molecule has 34 heavy (non-hydrogen) atoms. The maximum atomic E-state index is 13.5. The molecule has 2 aliphatic rings. The first kappa shape index (κ1) is 23.0. The lowest BCUT2D eigenvalue weighted by molar-refractivity contribution is 0.154. The number of imidazole rings is 1. The van der Waals surface area contributed by atoms with E-state index in [4.69, 9.17) is 9.72 Å². The van der Waals surface area contributed by atoms with Crippen LogP contribution in [0.1, 0.15) is 33.7 Å². The van der Waals surface area contributed by atoms with Crippen molar-refractivity contribution < 1.29 is 13.2 Å². The van der Waals surface area contributed by atoms with Crippen LogP contribution >= 0.6 is 0 Å². The molecule has 2 aromatic heterocycles. The minimum Gasteiger partial charge on any atom is -0.491 e. The molecule has 5 rings (SSSR count). The summed E-state index contributed by atoms with van der Waals surface area (Å²) in [4.78, 5) is 11.8. The molecule has 0 saturated carbocycles. The van der Waals surface area contributed by atoms with Gasteiger partial charge in [-0.3, -0.25) is 4.90 Å². The first-order valence-electron chi connectivity index (χ1n) is 11.7. The van der Waals surface area contributed by atoms with Crippen LogP contribution in [0.25, 0.3) is 22.9 Å². The van der Waals surface area contributed by atoms with Crippen molar-refractivity contribution in [2.45, 2.75) is 51.2 Å². The molecular weight excluding hydrogens is 454 g/mol. The molecule has 0 aliphatic carbocycles. The van der Waals surface area contributed by atoms with Gasteiger partial charge in [-0.05, 0) is 45.9 Å². The molecule has 0 radical (unpaired) electrons. The number of nitrogens with zero attached hydrogens (tertiary/aromatic N) is 7. The van der Waals surface area contributed by atoms with Crippen LogP contribution in [0.3, 0.4) is 0 Å². The van der Waals surface area contributed by atoms with Gasteiger partial charge in [0.15, 0.2) is 5.82 Å². The van der Waals surface area contributed by atoms with E-state index in [1.54, 1.807) is 22.5 Å². The zero-order chi connectivity index (χ0) is 24.0. The fourth-order valence-electron chi connectivity index (χ4n) is 4.55. The Morgan fingerprint density at radius 2 is 1.74 bits per heavy atom. The molecule has 1 saturated heterocycles. The zero-order valence-corrected chi connectivity index (χ0v) is 20.9. The standard InChI is InChI=1S/C23H31N7O3S/c1-16(2)27-7-9-29(10-8-27)34(31,32)18-5-6-21-19(13-18)22-26-20(14-28(22)11-12-33-21)23-24-15-25-30(23)17(3)4/h5-6,13-17H,7-12H2,1-4H3. The molecule has 3 aromatic rings. The average Bonchev–Trinajstić information content (AvgIpc) is 3.43. The third kappa shape index (κ3) is 4.01. The lowest BCUT2D eigenvalue weighted by Crippen LogP contribution is -2.50. The highest BCUT2D eigenvalue weighted by Crippen LogP contribution is 2.36. The van der Waals surface area contributed by atoms with Crippen molar-refractivity contribution in [2.75, 3.05) is 32.8 Å². The highest BCUT2D eigenvalue weighted by Gasteiger charge is 2.31. The van der Waals surface area contributed by atoms with E-state index in [9.17, 15) is 8.42 Å². The van der Waals surface area contributed by atoms with Crippen LogP contribution in [-0.2, 0) is 16.6 Å². The van der Waals surface area contributed by atoms with Crippen molar-refractivity contribution in [3.05, 3.63) is 30.7 Å². The molecule has 11 heteroatoms. The zero-order valence-electron chi connectivity index (χ0n) is 20.0. The van der Waals surface area contributed by atoms with Gasteiger partial charge < -0.3 is 9.30 Å². The van der Waals surface area contributed by atoms with Crippen LogP contribution in [0.4, 0.5) is 0 Å². The van der Waals surface area contributed by atoms with Crippen molar-refractivity contribution in [3.63, 3.8) is 0 Å². The number of hydrogen-bond donors (Lipinski definition) is 0. The first-order chi connectivity index (χ1) is 16.3. The van der Waals surface area contributed by atoms with Crippen molar-refractivity contribution >= 4 is 10.0 Å². The Kier molecular flexibility index (Phi) is 5.95. The monoisotopic (exact) mass is 485 g/mol. The Bertz CT molecular complexity index is 1290. The van der Waals surface area contributed by atoms with Gasteiger partial charge in [0.1, 0.15) is 30.2 Å². The molecule has 0 bridgehead atoms. The molecule has 10 nitrogen and oxygen atoms in total. The Balaban J connectivity index is 1.51. The summed E-state index contributed by atoms with van der Waals surface area (Å²) in [5.41, 5.74) is 1.37. The number of sulfonamides is 1. The van der Waals surface area contributed by atoms with Crippen LogP contribution in [0.15, 0.2) is 35.6 Å². The fourth-order valence-corrected chi connectivity index (χ4v) is 6.00. The molecule has 0 N–H and O–H groups in total. The van der Waals surface area contributed by atoms with E-state index in [-0.39, 0.29) is 10.9 Å². The minimum atomic E-state index is -3.63. The third-order valence-corrected chi connectivity index (χ3v) is 8.39. The maximum absolute atomic E-state index is 13.5. The van der Waals surface area contributed by atoms with E-state index in [0.717, 1.165) is 13.1 Å². The lowest BCUT2D eigenvalue weighted by Gasteiger charge is -2.36. The molecule has 0 spiro atoms. The summed E-state index contributed by atoms with van der Waals surface area (Å²) in [6.45, 7) is 11.9. The summed E-state index contributed by atoms with van der Waals surface area (Å²) in [7, 11) is -3.63. The predicted octanol–water partition coefficient (Wildman–Crippen LogP) is 2.50. The van der Waals surface area contributed by atoms with Gasteiger partial charge in [0.05, 0.1) is 17.0 Å². The Morgan fingerprint density at radius 1 is 0.971 bits per heavy atom. The van der Waals surface area contributed by atoms with Gasteiger partial charge in [0.25, 0.3) is 0 Å². The molecule has 0 unspecified atom stereocenters. The van der Waals surface area contributed by atoms with Crippen LogP contribution in [0.5, 0.6) is 5.75 Å². The van der Waals surface area contributed by atoms with Gasteiger partial charge in [-0.1, -0.05) is 0 Å². The van der Waals surface area contributed by atoms with Gasteiger partial charge in [-0.2, -0.15) is 9.40 Å². The highest BCUT2D eigenvalue weighted by atomic mass is 32.2. The summed E-state index contributed by atoms with van der Waals surface area (Å²) in [6.07, 6.45) is 3.46. The highest BCUT2D eigenvalue weighted by molar-refractivity contribution is 7.89. The molecule has 0 atom stereocenters. The quantitative estimate of drug-likeness (QED) is 0.548. The first-order valence-corrected chi connectivity index (χ1v) is 13.2. The lowest BCUT2D eigenvalue weighted by atomic mass is 10.2. The summed E-state index contributed by atoms with van der Waals surface area (Å²) >= 11 is 0. The van der Waals surface area contributed by atoms with E-state index in [2.05, 4.69) is 28.8 Å². The Labute approximate surface area is 200 Å². The maximum Gasteiger partial charge on any atom is 0.243 e. The van der Waals surface area contributed by atoms with E-state index in [0.29, 0.717) is 60.9 Å². The molecule has 4 heterocycles. The second-order valence-electron chi connectivity index (χ2n) is 9.31. The van der Waals surface area contributed by atoms with Gasteiger partial charge >= 0.3 is 0 Å². The van der Waals surface area contributed by atoms with E-state index >= 15 is 0 Å². The number of ether oxygens (including phenoxy) is 1. The minimum absolute atomic E-state index is 0.141. The second-order valence-corrected chi connectivity index (χ2v) is 11.2. The Morgan fingerprint density at radius 3 is 2.44 bits per heavy atom. The van der Waals surface area contributed by atoms with Crippen LogP contribution in [0.2, 0.25) is 0 Å². The number of fused-ring (bicyclic) bond motifs is 3. The largest absolute Gasteiger partial charge is 0.491 e. The number of benzene rings is 1. The molecule has 1 aromatic carbocycles. The van der Waals surface area contributed by atoms with Gasteiger partial charge in [0, 0.05) is 44.5 Å². The summed E-state index contributed by atoms with van der Waals surface area (Å²) in [5, 5.41) is 4.32. The normalized spacial score (nSPS) is 17.5. The number of piperazine rings is 1. The number of hydrogen-bond acceptors (Lipinski definition) is 7. The Hall–Kier alpha value is -2.76. The SMILES string of the molecule is CC(C)N1CCN(S(=O)(=O)c2ccc3c(c2)-c2nc(-c4ncnn4C(C)C)cn2CCO3)CC1. The van der Waals surface area contributed by atoms with Gasteiger partial charge in [0.2, 0.25) is 10.0 Å². The van der Waals surface area contributed by atoms with Crippen LogP contribution in [-0.4, -0.2) is 80.8 Å². The van der Waals surface area contributed by atoms with Crippen molar-refractivity contribution in [2.24, 2.45) is 0 Å². The van der Waals surface area contributed by atoms with Crippen molar-refractivity contribution in [3.8, 4) is 28.7 Å². The van der Waals surface area contributed by atoms with E-state index in [1.165, 1.54) is 6.33 Å². The topological polar surface area (TPSA) is 98.4 Å². The van der Waals surface area contributed by atoms with E-state index in [1.807, 2.05) is 29.3 Å². The number of rotatable bonds is 5. The van der Waals surface area contributed by atoms with Crippen LogP contribution in [0, 0.1) is 0 Å². The fraction of sp³-hybridized carbons (Fsp3) is 0.522. The summed E-state index contributed by atoms with van der Waals surface area (Å²) in [6, 6.07) is 5.62. The molecule has 1 fully saturated rings. The predicted molar refractivity (Wildman–Crippen MR) is 128 cm³/mol. The molecule has 182 valence electrons. The molecule has 2 aliphatic heterocycles. The molecular formula is C23H31N7O3S. The third-order valence-electron chi connectivity index (χ3n) is 6.49. The second kappa shape index (κ2) is 8.79. The average molecular weight is 486 g/mol. The smallest absolute Gasteiger partial charge is 0.243 e. The van der Waals surface area contributed by atoms with E-state index < -0.39 is 10.0 Å². The van der Waals surface area contributed by atoms with Crippen molar-refractivity contribution in [1.29, 1.82) is 0 Å².